The van der Waals surface area contributed by atoms with Crippen molar-refractivity contribution in [2.75, 3.05) is 0 Å². The van der Waals surface area contributed by atoms with Crippen LogP contribution >= 0.6 is 11.3 Å². The van der Waals surface area contributed by atoms with Gasteiger partial charge in [-0.2, -0.15) is 0 Å². The summed E-state index contributed by atoms with van der Waals surface area (Å²) in [6.07, 6.45) is -0.561. The first-order valence-corrected chi connectivity index (χ1v) is 6.22. The molecule has 4 heteroatoms. The maximum atomic E-state index is 13.2. The average molecular weight is 251 g/mol. The summed E-state index contributed by atoms with van der Waals surface area (Å²) in [6, 6.07) is 4.95. The van der Waals surface area contributed by atoms with E-state index in [2.05, 4.69) is 4.98 Å². The van der Waals surface area contributed by atoms with Crippen LogP contribution in [0.1, 0.15) is 28.5 Å². The summed E-state index contributed by atoms with van der Waals surface area (Å²) in [4.78, 5) is 5.43. The lowest BCUT2D eigenvalue weighted by atomic mass is 10.1. The van der Waals surface area contributed by atoms with Gasteiger partial charge >= 0.3 is 0 Å². The van der Waals surface area contributed by atoms with E-state index in [9.17, 15) is 9.50 Å². The van der Waals surface area contributed by atoms with Crippen LogP contribution in [0.2, 0.25) is 0 Å². The fourth-order valence-electron chi connectivity index (χ4n) is 1.66. The van der Waals surface area contributed by atoms with E-state index in [1.54, 1.807) is 26.0 Å². The van der Waals surface area contributed by atoms with Gasteiger partial charge in [0.1, 0.15) is 16.9 Å². The van der Waals surface area contributed by atoms with Crippen molar-refractivity contribution in [3.8, 4) is 11.3 Å². The zero-order valence-electron chi connectivity index (χ0n) is 9.99. The molecule has 2 rings (SSSR count). The molecule has 17 heavy (non-hydrogen) atoms. The van der Waals surface area contributed by atoms with Crippen LogP contribution in [0.3, 0.4) is 0 Å². The molecule has 1 heterocycles. The summed E-state index contributed by atoms with van der Waals surface area (Å²) in [5.74, 6) is -0.211. The molecule has 0 amide bonds. The van der Waals surface area contributed by atoms with E-state index in [1.807, 2.05) is 6.92 Å². The maximum Gasteiger partial charge on any atom is 0.126 e. The number of aliphatic hydroxyl groups is 1. The van der Waals surface area contributed by atoms with E-state index in [-0.39, 0.29) is 5.82 Å². The first kappa shape index (κ1) is 12.2. The van der Waals surface area contributed by atoms with Crippen molar-refractivity contribution < 1.29 is 9.50 Å². The fourth-order valence-corrected chi connectivity index (χ4v) is 2.54. The minimum absolute atomic E-state index is 0.211. The SMILES string of the molecule is Cc1cc(-c2nc(C(C)O)sc2C)ccc1F. The Labute approximate surface area is 104 Å². The van der Waals surface area contributed by atoms with Gasteiger partial charge in [0.2, 0.25) is 0 Å². The average Bonchev–Trinajstić information content (AvgIpc) is 2.65. The number of hydrogen-bond donors (Lipinski definition) is 1. The van der Waals surface area contributed by atoms with E-state index in [4.69, 9.17) is 0 Å². The van der Waals surface area contributed by atoms with Crippen LogP contribution in [-0.4, -0.2) is 10.1 Å². The molecule has 1 aromatic heterocycles. The number of rotatable bonds is 2. The Morgan fingerprint density at radius 1 is 1.35 bits per heavy atom. The van der Waals surface area contributed by atoms with Crippen molar-refractivity contribution in [3.63, 3.8) is 0 Å². The van der Waals surface area contributed by atoms with Crippen molar-refractivity contribution in [1.29, 1.82) is 0 Å². The van der Waals surface area contributed by atoms with Crippen LogP contribution in [0, 0.1) is 19.7 Å². The van der Waals surface area contributed by atoms with Gasteiger partial charge in [-0.05, 0) is 44.5 Å². The van der Waals surface area contributed by atoms with Crippen LogP contribution in [0.25, 0.3) is 11.3 Å². The number of aromatic nitrogens is 1. The lowest BCUT2D eigenvalue weighted by Gasteiger charge is -2.02. The summed E-state index contributed by atoms with van der Waals surface area (Å²) < 4.78 is 13.2. The minimum Gasteiger partial charge on any atom is -0.386 e. The normalized spacial score (nSPS) is 12.8. The Bertz CT molecular complexity index is 548. The highest BCUT2D eigenvalue weighted by Gasteiger charge is 2.13. The van der Waals surface area contributed by atoms with E-state index < -0.39 is 6.10 Å². The summed E-state index contributed by atoms with van der Waals surface area (Å²) >= 11 is 1.47. The highest BCUT2D eigenvalue weighted by molar-refractivity contribution is 7.12. The van der Waals surface area contributed by atoms with Crippen LogP contribution in [0.5, 0.6) is 0 Å². The predicted molar refractivity (Wildman–Crippen MR) is 67.6 cm³/mol. The zero-order valence-corrected chi connectivity index (χ0v) is 10.8. The molecule has 0 aliphatic carbocycles. The van der Waals surface area contributed by atoms with Gasteiger partial charge < -0.3 is 5.11 Å². The predicted octanol–water partition coefficient (Wildman–Crippen LogP) is 3.62. The molecule has 90 valence electrons. The largest absolute Gasteiger partial charge is 0.386 e. The number of aliphatic hydroxyl groups excluding tert-OH is 1. The van der Waals surface area contributed by atoms with E-state index in [0.29, 0.717) is 10.6 Å². The standard InChI is InChI=1S/C13H14FNOS/c1-7-6-10(4-5-11(7)14)12-9(3)17-13(15-12)8(2)16/h4-6,8,16H,1-3H3. The number of benzene rings is 1. The lowest BCUT2D eigenvalue weighted by Crippen LogP contribution is -1.90. The number of halogens is 1. The molecule has 2 aromatic rings. The molecule has 2 nitrogen and oxygen atoms in total. The van der Waals surface area contributed by atoms with Gasteiger partial charge in [0.05, 0.1) is 5.69 Å². The minimum atomic E-state index is -0.561. The summed E-state index contributed by atoms with van der Waals surface area (Å²) in [5.41, 5.74) is 2.33. The molecular formula is C13H14FNOS. The first-order chi connectivity index (χ1) is 7.99. The van der Waals surface area contributed by atoms with Gasteiger partial charge in [0, 0.05) is 10.4 Å². The fraction of sp³-hybridized carbons (Fsp3) is 0.308. The summed E-state index contributed by atoms with van der Waals surface area (Å²) in [5, 5.41) is 10.2. The topological polar surface area (TPSA) is 33.1 Å². The molecule has 0 bridgehead atoms. The van der Waals surface area contributed by atoms with Gasteiger partial charge in [-0.15, -0.1) is 11.3 Å². The smallest absolute Gasteiger partial charge is 0.126 e. The quantitative estimate of drug-likeness (QED) is 0.884. The number of thiazole rings is 1. The Balaban J connectivity index is 2.49. The second-order valence-corrected chi connectivity index (χ2v) is 5.33. The molecule has 1 N–H and O–H groups in total. The molecule has 0 fully saturated rings. The maximum absolute atomic E-state index is 13.2. The molecule has 0 saturated heterocycles. The molecule has 0 saturated carbocycles. The highest BCUT2D eigenvalue weighted by Crippen LogP contribution is 2.31. The molecule has 0 spiro atoms. The van der Waals surface area contributed by atoms with Crippen LogP contribution in [-0.2, 0) is 0 Å². The Hall–Kier alpha value is -1.26. The van der Waals surface area contributed by atoms with Gasteiger partial charge in [0.15, 0.2) is 0 Å². The highest BCUT2D eigenvalue weighted by atomic mass is 32.1. The number of hydrogen-bond acceptors (Lipinski definition) is 3. The Morgan fingerprint density at radius 2 is 2.06 bits per heavy atom. The van der Waals surface area contributed by atoms with Crippen molar-refractivity contribution in [2.45, 2.75) is 26.9 Å². The summed E-state index contributed by atoms with van der Waals surface area (Å²) in [7, 11) is 0. The third-order valence-corrected chi connectivity index (χ3v) is 3.74. The number of aryl methyl sites for hydroxylation is 2. The van der Waals surface area contributed by atoms with Crippen LogP contribution in [0.15, 0.2) is 18.2 Å². The molecule has 0 radical (unpaired) electrons. The van der Waals surface area contributed by atoms with Crippen molar-refractivity contribution >= 4 is 11.3 Å². The van der Waals surface area contributed by atoms with Gasteiger partial charge in [-0.3, -0.25) is 0 Å². The van der Waals surface area contributed by atoms with Gasteiger partial charge in [-0.1, -0.05) is 0 Å². The van der Waals surface area contributed by atoms with Crippen LogP contribution < -0.4 is 0 Å². The molecule has 0 aliphatic rings. The second kappa shape index (κ2) is 4.55. The molecule has 1 atom stereocenters. The molecule has 0 aliphatic heterocycles. The Kier molecular flexibility index (Phi) is 3.26. The van der Waals surface area contributed by atoms with E-state index in [0.717, 1.165) is 16.1 Å². The molecule has 1 aromatic carbocycles. The lowest BCUT2D eigenvalue weighted by molar-refractivity contribution is 0.199. The van der Waals surface area contributed by atoms with Gasteiger partial charge in [-0.25, -0.2) is 9.37 Å². The Morgan fingerprint density at radius 3 is 2.59 bits per heavy atom. The van der Waals surface area contributed by atoms with E-state index in [1.165, 1.54) is 17.4 Å². The van der Waals surface area contributed by atoms with Gasteiger partial charge in [0.25, 0.3) is 0 Å². The number of nitrogens with zero attached hydrogens (tertiary/aromatic N) is 1. The molecular weight excluding hydrogens is 237 g/mol. The monoisotopic (exact) mass is 251 g/mol. The van der Waals surface area contributed by atoms with Crippen molar-refractivity contribution in [1.82, 2.24) is 4.98 Å². The van der Waals surface area contributed by atoms with Crippen molar-refractivity contribution in [3.05, 3.63) is 39.5 Å². The molecule has 1 unspecified atom stereocenters. The summed E-state index contributed by atoms with van der Waals surface area (Å²) in [6.45, 7) is 5.38. The third kappa shape index (κ3) is 2.37. The van der Waals surface area contributed by atoms with Crippen molar-refractivity contribution in [2.24, 2.45) is 0 Å². The second-order valence-electron chi connectivity index (χ2n) is 4.10. The third-order valence-electron chi connectivity index (χ3n) is 2.60. The van der Waals surface area contributed by atoms with Crippen LogP contribution in [0.4, 0.5) is 4.39 Å². The first-order valence-electron chi connectivity index (χ1n) is 5.41. The zero-order chi connectivity index (χ0) is 12.6. The van der Waals surface area contributed by atoms with E-state index >= 15 is 0 Å².